The Kier molecular flexibility index (Phi) is 4.27. The predicted molar refractivity (Wildman–Crippen MR) is 192 cm³/mol. The minimum Gasteiger partial charge on any atom is -0.456 e. The van der Waals surface area contributed by atoms with Crippen LogP contribution in [-0.2, 0) is 0 Å². The zero-order valence-electron chi connectivity index (χ0n) is 35.5. The molecule has 0 amide bonds. The summed E-state index contributed by atoms with van der Waals surface area (Å²) in [6.45, 7) is 0. The van der Waals surface area contributed by atoms with E-state index >= 15 is 0 Å². The highest BCUT2D eigenvalue weighted by Gasteiger charge is 2.19. The smallest absolute Gasteiger partial charge is 0.164 e. The number of benzene rings is 7. The molecule has 0 fully saturated rings. The maximum absolute atomic E-state index is 9.54. The summed E-state index contributed by atoms with van der Waals surface area (Å²) in [7, 11) is 0. The number of aromatic nitrogens is 3. The van der Waals surface area contributed by atoms with E-state index in [2.05, 4.69) is 0 Å². The van der Waals surface area contributed by atoms with E-state index in [1.54, 1.807) is 24.3 Å². The van der Waals surface area contributed by atoms with Gasteiger partial charge < -0.3 is 4.42 Å². The first-order valence-electron chi connectivity index (χ1n) is 20.3. The first-order valence-corrected chi connectivity index (χ1v) is 14.8. The monoisotopic (exact) mass is 612 g/mol. The second-order valence-corrected chi connectivity index (χ2v) is 10.8. The lowest BCUT2D eigenvalue weighted by Gasteiger charge is -2.12. The van der Waals surface area contributed by atoms with Crippen LogP contribution in [0.3, 0.4) is 0 Å². The van der Waals surface area contributed by atoms with Crippen LogP contribution in [0, 0.1) is 0 Å². The average Bonchev–Trinajstić information content (AvgIpc) is 3.63. The van der Waals surface area contributed by atoms with Crippen molar-refractivity contribution in [2.75, 3.05) is 0 Å². The van der Waals surface area contributed by atoms with Crippen LogP contribution in [0.2, 0.25) is 0 Å². The predicted octanol–water partition coefficient (Wildman–Crippen LogP) is 11.3. The SMILES string of the molecule is [2H]c1c([2H])c([2H])c(-c2c([2H])c([2H])c3c([2H])c([2H])c(-c4nc(-c5ccccc5)nc(-c5cc(-c6ccccc6)cc6oc7ccccc7c56)n4)c([2H])c3c2[2H])c([2H])c1[2H]. The molecule has 0 aliphatic heterocycles. The highest BCUT2D eigenvalue weighted by molar-refractivity contribution is 6.13. The van der Waals surface area contributed by atoms with Crippen LogP contribution in [0.5, 0.6) is 0 Å². The summed E-state index contributed by atoms with van der Waals surface area (Å²) in [5.74, 6) is 0.175. The number of hydrogen-bond acceptors (Lipinski definition) is 4. The Morgan fingerprint density at radius 1 is 0.447 bits per heavy atom. The van der Waals surface area contributed by atoms with E-state index in [1.807, 2.05) is 72.8 Å². The standard InChI is InChI=1S/C43H27N3O/c1-4-12-28(13-5-1)32-22-20-30-21-23-33(25-34(30)24-32)42-44-41(31-16-8-3-9-17-31)45-43(46-42)37-26-35(29-14-6-2-7-15-29)27-39-40(37)36-18-10-11-19-38(36)47-39/h1-27H/i1D,4D,5D,12D,13D,20D,21D,22D,23D,24D,25D. The molecule has 2 aromatic heterocycles. The third kappa shape index (κ3) is 4.93. The molecule has 0 radical (unpaired) electrons. The molecule has 0 N–H and O–H groups in total. The molecule has 4 heteroatoms. The van der Waals surface area contributed by atoms with Gasteiger partial charge in [0.25, 0.3) is 0 Å². The Balaban J connectivity index is 1.38. The molecule has 0 saturated carbocycles. The molecule has 4 nitrogen and oxygen atoms in total. The first-order chi connectivity index (χ1) is 27.9. The lowest BCUT2D eigenvalue weighted by Crippen LogP contribution is -2.00. The topological polar surface area (TPSA) is 51.8 Å². The van der Waals surface area contributed by atoms with Gasteiger partial charge in [-0.25, -0.2) is 15.0 Å². The fraction of sp³-hybridized carbons (Fsp3) is 0. The number of para-hydroxylation sites is 1. The third-order valence-corrected chi connectivity index (χ3v) is 7.84. The van der Waals surface area contributed by atoms with E-state index in [9.17, 15) is 4.11 Å². The van der Waals surface area contributed by atoms with Crippen LogP contribution in [0.15, 0.2) is 168 Å². The van der Waals surface area contributed by atoms with Gasteiger partial charge >= 0.3 is 0 Å². The Bertz CT molecular complexity index is 3160. The number of rotatable bonds is 5. The van der Waals surface area contributed by atoms with Crippen LogP contribution in [-0.4, -0.2) is 15.0 Å². The normalized spacial score (nSPS) is 14.7. The Labute approximate surface area is 287 Å². The molecule has 220 valence electrons. The molecule has 0 atom stereocenters. The fourth-order valence-electron chi connectivity index (χ4n) is 5.64. The van der Waals surface area contributed by atoms with Gasteiger partial charge in [-0.3, -0.25) is 0 Å². The molecule has 0 aliphatic carbocycles. The molecular weight excluding hydrogens is 574 g/mol. The molecule has 0 saturated heterocycles. The summed E-state index contributed by atoms with van der Waals surface area (Å²) in [6, 6.07) is 23.1. The lowest BCUT2D eigenvalue weighted by molar-refractivity contribution is 0.669. The van der Waals surface area contributed by atoms with Crippen molar-refractivity contribution in [2.45, 2.75) is 0 Å². The van der Waals surface area contributed by atoms with Crippen LogP contribution in [0.4, 0.5) is 0 Å². The molecule has 7 aromatic carbocycles. The number of nitrogens with zero attached hydrogens (tertiary/aromatic N) is 3. The van der Waals surface area contributed by atoms with Crippen LogP contribution >= 0.6 is 0 Å². The molecule has 9 aromatic rings. The van der Waals surface area contributed by atoms with Gasteiger partial charge in [-0.2, -0.15) is 0 Å². The van der Waals surface area contributed by atoms with Crippen molar-refractivity contribution in [3.63, 3.8) is 0 Å². The van der Waals surface area contributed by atoms with E-state index in [1.165, 1.54) is 0 Å². The van der Waals surface area contributed by atoms with Gasteiger partial charge in [0.2, 0.25) is 0 Å². The molecule has 0 spiro atoms. The van der Waals surface area contributed by atoms with E-state index in [-0.39, 0.29) is 33.8 Å². The minimum atomic E-state index is -0.696. The highest BCUT2D eigenvalue weighted by atomic mass is 16.3. The van der Waals surface area contributed by atoms with Crippen molar-refractivity contribution < 1.29 is 19.5 Å². The molecule has 0 bridgehead atoms. The molecule has 47 heavy (non-hydrogen) atoms. The van der Waals surface area contributed by atoms with Crippen molar-refractivity contribution in [1.82, 2.24) is 15.0 Å². The minimum absolute atomic E-state index is 0.164. The third-order valence-electron chi connectivity index (χ3n) is 7.84. The van der Waals surface area contributed by atoms with Gasteiger partial charge in [0.1, 0.15) is 11.2 Å². The van der Waals surface area contributed by atoms with Crippen molar-refractivity contribution in [3.05, 3.63) is 164 Å². The Morgan fingerprint density at radius 3 is 1.87 bits per heavy atom. The second-order valence-electron chi connectivity index (χ2n) is 10.8. The Morgan fingerprint density at radius 2 is 1.09 bits per heavy atom. The van der Waals surface area contributed by atoms with Gasteiger partial charge in [-0.1, -0.05) is 133 Å². The van der Waals surface area contributed by atoms with E-state index in [0.29, 0.717) is 27.7 Å². The first kappa shape index (κ1) is 17.9. The number of furan rings is 1. The van der Waals surface area contributed by atoms with Crippen LogP contribution in [0.1, 0.15) is 15.1 Å². The summed E-state index contributed by atoms with van der Waals surface area (Å²) in [5, 5.41) is 0.827. The molecule has 2 heterocycles. The molecule has 0 aliphatic rings. The summed E-state index contributed by atoms with van der Waals surface area (Å²) >= 11 is 0. The van der Waals surface area contributed by atoms with Gasteiger partial charge in [-0.15, -0.1) is 0 Å². The quantitative estimate of drug-likeness (QED) is 0.194. The highest BCUT2D eigenvalue weighted by Crippen LogP contribution is 2.40. The van der Waals surface area contributed by atoms with Gasteiger partial charge in [0, 0.05) is 27.5 Å². The number of fused-ring (bicyclic) bond motifs is 4. The zero-order chi connectivity index (χ0) is 40.7. The summed E-state index contributed by atoms with van der Waals surface area (Å²) in [5.41, 5.74) is 2.83. The van der Waals surface area contributed by atoms with Crippen molar-refractivity contribution in [3.8, 4) is 56.4 Å². The van der Waals surface area contributed by atoms with Crippen molar-refractivity contribution in [1.29, 1.82) is 0 Å². The van der Waals surface area contributed by atoms with E-state index < -0.39 is 77.6 Å². The average molecular weight is 613 g/mol. The van der Waals surface area contributed by atoms with Gasteiger partial charge in [0.15, 0.2) is 17.5 Å². The largest absolute Gasteiger partial charge is 0.456 e. The van der Waals surface area contributed by atoms with Crippen LogP contribution < -0.4 is 0 Å². The maximum atomic E-state index is 9.54. The zero-order valence-corrected chi connectivity index (χ0v) is 24.5. The van der Waals surface area contributed by atoms with Crippen LogP contribution in [0.25, 0.3) is 89.1 Å². The molecule has 0 unspecified atom stereocenters. The van der Waals surface area contributed by atoms with E-state index in [0.717, 1.165) is 16.5 Å². The summed E-state index contributed by atoms with van der Waals surface area (Å²) in [6.07, 6.45) is 0. The van der Waals surface area contributed by atoms with Crippen molar-refractivity contribution in [2.24, 2.45) is 0 Å². The summed E-state index contributed by atoms with van der Waals surface area (Å²) in [4.78, 5) is 14.6. The second kappa shape index (κ2) is 11.2. The lowest BCUT2D eigenvalue weighted by atomic mass is 9.98. The number of hydrogen-bond donors (Lipinski definition) is 0. The van der Waals surface area contributed by atoms with Gasteiger partial charge in [0.05, 0.1) is 15.1 Å². The Hall–Kier alpha value is -6.39. The molecular formula is C43H27N3O. The van der Waals surface area contributed by atoms with Gasteiger partial charge in [-0.05, 0) is 63.3 Å². The summed E-state index contributed by atoms with van der Waals surface area (Å²) < 4.78 is 103. The van der Waals surface area contributed by atoms with E-state index in [4.69, 9.17) is 30.3 Å². The fourth-order valence-corrected chi connectivity index (χ4v) is 5.64. The maximum Gasteiger partial charge on any atom is 0.164 e. The molecule has 9 rings (SSSR count). The van der Waals surface area contributed by atoms with Crippen molar-refractivity contribution >= 4 is 32.7 Å².